The summed E-state index contributed by atoms with van der Waals surface area (Å²) in [5.74, 6) is -2.72. The molecule has 0 fully saturated rings. The van der Waals surface area contributed by atoms with Crippen LogP contribution in [0.2, 0.25) is 0 Å². The number of halogens is 1. The van der Waals surface area contributed by atoms with Crippen molar-refractivity contribution in [2.24, 2.45) is 4.99 Å². The van der Waals surface area contributed by atoms with E-state index in [0.717, 1.165) is 11.0 Å². The van der Waals surface area contributed by atoms with E-state index in [0.29, 0.717) is 5.56 Å². The van der Waals surface area contributed by atoms with Crippen LogP contribution < -0.4 is 0 Å². The number of aliphatic hydroxyl groups excluding tert-OH is 1. The number of furan rings is 1. The quantitative estimate of drug-likeness (QED) is 0.208. The van der Waals surface area contributed by atoms with Gasteiger partial charge < -0.3 is 31.6 Å². The molecule has 1 N–H and O–H groups in total. The molecule has 1 unspecified atom stereocenters. The fourth-order valence-corrected chi connectivity index (χ4v) is 2.93. The van der Waals surface area contributed by atoms with Crippen LogP contribution >= 0.6 is 0 Å². The average molecular weight is 593 g/mol. The predicted octanol–water partition coefficient (Wildman–Crippen LogP) is 4.28. The molecule has 31 heavy (non-hydrogen) atoms. The molecule has 1 aromatic heterocycles. The van der Waals surface area contributed by atoms with Crippen molar-refractivity contribution in [1.82, 2.24) is 4.90 Å². The summed E-state index contributed by atoms with van der Waals surface area (Å²) in [5.41, 5.74) is 0.504. The van der Waals surface area contributed by atoms with Crippen LogP contribution in [0.3, 0.4) is 0 Å². The largest absolute Gasteiger partial charge is 4.00 e. The maximum atomic E-state index is 13.1. The van der Waals surface area contributed by atoms with E-state index in [-0.39, 0.29) is 44.2 Å². The molecule has 0 bridgehead atoms. The molecule has 4 rings (SSSR count). The van der Waals surface area contributed by atoms with Crippen LogP contribution in [0.5, 0.6) is 0 Å². The molecule has 0 spiro atoms. The number of hydrogen-bond acceptors (Lipinski definition) is 5. The maximum Gasteiger partial charge on any atom is 4.00 e. The van der Waals surface area contributed by atoms with Gasteiger partial charge in [0.05, 0.1) is 11.8 Å². The van der Waals surface area contributed by atoms with Gasteiger partial charge >= 0.3 is 19.8 Å². The van der Waals surface area contributed by atoms with E-state index < -0.39 is 29.3 Å². The molecule has 2 aromatic carbocycles. The zero-order chi connectivity index (χ0) is 20.4. The Morgan fingerprint density at radius 1 is 1.19 bits per heavy atom. The van der Waals surface area contributed by atoms with Crippen molar-refractivity contribution in [3.63, 3.8) is 0 Å². The Morgan fingerprint density at radius 2 is 2.00 bits per heavy atom. The minimum absolute atomic E-state index is 0. The summed E-state index contributed by atoms with van der Waals surface area (Å²) in [7, 11) is 0. The van der Waals surface area contributed by atoms with Crippen LogP contribution in [0.15, 0.2) is 81.6 Å². The minimum atomic E-state index is -1.01. The second kappa shape index (κ2) is 10.1. The smallest absolute Gasteiger partial charge is 0.515 e. The molecule has 2 heterocycles. The fraction of sp³-hybridized carbons (Fsp3) is 0.0435. The third-order valence-electron chi connectivity index (χ3n) is 4.26. The Morgan fingerprint density at radius 3 is 2.61 bits per heavy atom. The normalized spacial score (nSPS) is 15.7. The number of carbonyl (C=O) groups is 2. The van der Waals surface area contributed by atoms with Gasteiger partial charge in [0.25, 0.3) is 0 Å². The Balaban J connectivity index is 0.00000171. The van der Waals surface area contributed by atoms with Crippen LogP contribution in [0.1, 0.15) is 22.2 Å². The fourth-order valence-electron chi connectivity index (χ4n) is 2.93. The van der Waals surface area contributed by atoms with Gasteiger partial charge in [-0.15, -0.1) is 11.6 Å². The summed E-state index contributed by atoms with van der Waals surface area (Å²) in [6, 6.07) is 17.9. The van der Waals surface area contributed by atoms with Gasteiger partial charge in [0.1, 0.15) is 5.76 Å². The van der Waals surface area contributed by atoms with Crippen molar-refractivity contribution >= 4 is 23.7 Å². The van der Waals surface area contributed by atoms with Gasteiger partial charge in [0, 0.05) is 18.2 Å². The molecule has 3 aromatic rings. The van der Waals surface area contributed by atoms with Crippen molar-refractivity contribution < 1.29 is 43.3 Å². The molecule has 1 aliphatic rings. The van der Waals surface area contributed by atoms with Crippen molar-refractivity contribution in [2.75, 3.05) is 0 Å². The van der Waals surface area contributed by atoms with Gasteiger partial charge in [-0.1, -0.05) is 0 Å². The van der Waals surface area contributed by atoms with Crippen molar-refractivity contribution in [2.45, 2.75) is 6.04 Å². The van der Waals surface area contributed by atoms with Gasteiger partial charge in [0.2, 0.25) is 5.78 Å². The Kier molecular flexibility index (Phi) is 7.79. The standard InChI is InChI=1S/C22H12FN2O4.CH3.Os/c23-15-8-10-16(11-9-15)24-13-25-19(14-5-2-1-3-6-14)18(21(27)22(25)28)20(26)17-7-4-12-29-17;;/h1-5,7-10,12,19,27H;1H3;/q-3;-1;+4. The molecule has 0 radical (unpaired) electrons. The zero-order valence-corrected chi connectivity index (χ0v) is 18.7. The van der Waals surface area contributed by atoms with Crippen molar-refractivity contribution in [3.8, 4) is 0 Å². The SMILES string of the molecule is O=C(C1=C(O)C(=O)N([C-]=Nc2[c-]cc(F)cc2)C1c1[c-]cccc1)c1ccco1.[CH3-].[Os+4]. The molecule has 156 valence electrons. The third kappa shape index (κ3) is 4.70. The van der Waals surface area contributed by atoms with Gasteiger partial charge in [-0.25, -0.2) is 6.07 Å². The van der Waals surface area contributed by atoms with Gasteiger partial charge in [-0.05, 0) is 12.1 Å². The zero-order valence-electron chi connectivity index (χ0n) is 16.1. The number of aliphatic hydroxyl groups is 1. The molecule has 1 atom stereocenters. The molecule has 1 amide bonds. The Labute approximate surface area is 191 Å². The van der Waals surface area contributed by atoms with Gasteiger partial charge in [0.15, 0.2) is 11.7 Å². The number of benzene rings is 2. The second-order valence-electron chi connectivity index (χ2n) is 6.07. The number of ketones is 1. The van der Waals surface area contributed by atoms with Crippen LogP contribution in [-0.2, 0) is 24.6 Å². The average Bonchev–Trinajstić information content (AvgIpc) is 3.36. The number of Topliss-reactive ketones (excluding diaryl/α,β-unsaturated/α-hetero) is 1. The molecular formula is C23H15FN2O4Os. The molecule has 0 saturated heterocycles. The topological polar surface area (TPSA) is 83.1 Å². The first-order valence-corrected chi connectivity index (χ1v) is 8.51. The van der Waals surface area contributed by atoms with Crippen molar-refractivity contribution in [1.29, 1.82) is 0 Å². The first-order chi connectivity index (χ1) is 14.1. The number of hydrogen-bond donors (Lipinski definition) is 1. The number of amides is 1. The van der Waals surface area contributed by atoms with E-state index in [9.17, 15) is 19.1 Å². The maximum absolute atomic E-state index is 13.1. The number of carbonyl (C=O) groups excluding carboxylic acids is 2. The molecule has 6 nitrogen and oxygen atoms in total. The van der Waals surface area contributed by atoms with E-state index in [1.54, 1.807) is 24.3 Å². The van der Waals surface area contributed by atoms with E-state index in [1.807, 2.05) is 0 Å². The van der Waals surface area contributed by atoms with Gasteiger partial charge in [-0.3, -0.25) is 9.18 Å². The first kappa shape index (κ1) is 23.9. The monoisotopic (exact) mass is 594 g/mol. The number of rotatable bonds is 5. The van der Waals surface area contributed by atoms with Crippen LogP contribution in [-0.4, -0.2) is 28.0 Å². The predicted molar refractivity (Wildman–Crippen MR) is 106 cm³/mol. The van der Waals surface area contributed by atoms with Crippen molar-refractivity contribution in [3.05, 3.63) is 109 Å². The van der Waals surface area contributed by atoms with E-state index in [1.165, 1.54) is 30.5 Å². The molecule has 8 heteroatoms. The molecule has 0 aliphatic carbocycles. The number of aliphatic imine (C=N–C) groups is 1. The minimum Gasteiger partial charge on any atom is -0.515 e. The van der Waals surface area contributed by atoms with Crippen LogP contribution in [0.25, 0.3) is 0 Å². The van der Waals surface area contributed by atoms with Crippen LogP contribution in [0.4, 0.5) is 10.1 Å². The van der Waals surface area contributed by atoms with Gasteiger partial charge in [-0.2, -0.15) is 48.2 Å². The first-order valence-electron chi connectivity index (χ1n) is 8.51. The second-order valence-corrected chi connectivity index (χ2v) is 6.07. The van der Waals surface area contributed by atoms with Crippen LogP contribution in [0, 0.1) is 25.4 Å². The summed E-state index contributed by atoms with van der Waals surface area (Å²) in [6.07, 6.45) is 3.85. The summed E-state index contributed by atoms with van der Waals surface area (Å²) in [4.78, 5) is 30.6. The summed E-state index contributed by atoms with van der Waals surface area (Å²) >= 11 is 0. The summed E-state index contributed by atoms with van der Waals surface area (Å²) in [6.45, 7) is 0. The summed E-state index contributed by atoms with van der Waals surface area (Å²) in [5, 5.41) is 10.4. The van der Waals surface area contributed by atoms with E-state index in [2.05, 4.69) is 23.5 Å². The Hall–Kier alpha value is -3.36. The molecule has 0 saturated carbocycles. The van der Waals surface area contributed by atoms with E-state index >= 15 is 0 Å². The number of nitrogens with zero attached hydrogens (tertiary/aromatic N) is 2. The van der Waals surface area contributed by atoms with E-state index in [4.69, 9.17) is 4.42 Å². The molecule has 1 aliphatic heterocycles. The summed E-state index contributed by atoms with van der Waals surface area (Å²) < 4.78 is 18.2. The molecular weight excluding hydrogens is 577 g/mol. The Bertz CT molecular complexity index is 1110. The third-order valence-corrected chi connectivity index (χ3v) is 4.26.